The summed E-state index contributed by atoms with van der Waals surface area (Å²) < 4.78 is 8.57. The Morgan fingerprint density at radius 1 is 1.62 bits per heavy atom. The van der Waals surface area contributed by atoms with Gasteiger partial charge in [0.25, 0.3) is 0 Å². The van der Waals surface area contributed by atoms with E-state index in [9.17, 15) is 4.79 Å². The first kappa shape index (κ1) is 10.3. The van der Waals surface area contributed by atoms with Crippen LogP contribution in [0.25, 0.3) is 0 Å². The van der Waals surface area contributed by atoms with Crippen molar-refractivity contribution in [1.82, 2.24) is 9.59 Å². The maximum Gasteiger partial charge on any atom is 0.176 e. The number of ketones is 1. The minimum Gasteiger partial charge on any atom is -0.385 e. The number of carbonyl (C=O) groups is 1. The fourth-order valence-corrected chi connectivity index (χ4v) is 1.60. The lowest BCUT2D eigenvalue weighted by molar-refractivity contribution is 0.0966. The van der Waals surface area contributed by atoms with Crippen molar-refractivity contribution in [3.63, 3.8) is 0 Å². The van der Waals surface area contributed by atoms with Gasteiger partial charge in [-0.25, -0.2) is 0 Å². The van der Waals surface area contributed by atoms with Crippen LogP contribution in [0, 0.1) is 6.92 Å². The second-order valence-corrected chi connectivity index (χ2v) is 3.46. The third-order valence-electron chi connectivity index (χ3n) is 1.66. The van der Waals surface area contributed by atoms with Gasteiger partial charge in [-0.15, -0.1) is 5.10 Å². The Morgan fingerprint density at radius 3 is 2.92 bits per heavy atom. The highest BCUT2D eigenvalue weighted by Gasteiger charge is 2.11. The monoisotopic (exact) mass is 200 g/mol. The lowest BCUT2D eigenvalue weighted by atomic mass is 10.2. The normalized spacial score (nSPS) is 10.3. The molecule has 1 rings (SSSR count). The van der Waals surface area contributed by atoms with Crippen molar-refractivity contribution in [2.75, 3.05) is 13.7 Å². The maximum atomic E-state index is 11.5. The van der Waals surface area contributed by atoms with Crippen molar-refractivity contribution in [2.45, 2.75) is 19.8 Å². The van der Waals surface area contributed by atoms with Gasteiger partial charge in [0.15, 0.2) is 5.78 Å². The van der Waals surface area contributed by atoms with Gasteiger partial charge in [0, 0.05) is 20.1 Å². The van der Waals surface area contributed by atoms with Gasteiger partial charge < -0.3 is 4.74 Å². The molecule has 0 spiro atoms. The molecule has 0 bridgehead atoms. The fourth-order valence-electron chi connectivity index (χ4n) is 0.977. The van der Waals surface area contributed by atoms with Crippen LogP contribution in [0.5, 0.6) is 0 Å². The Morgan fingerprint density at radius 2 is 2.38 bits per heavy atom. The molecule has 0 saturated carbocycles. The average Bonchev–Trinajstić information content (AvgIpc) is 2.52. The molecule has 0 aromatic carbocycles. The molecule has 1 aromatic heterocycles. The minimum absolute atomic E-state index is 0.115. The molecule has 72 valence electrons. The number of Topliss-reactive ketones (excluding diaryl/α,β-unsaturated/α-hetero) is 1. The van der Waals surface area contributed by atoms with E-state index in [1.54, 1.807) is 14.0 Å². The molecule has 0 fully saturated rings. The average molecular weight is 200 g/mol. The summed E-state index contributed by atoms with van der Waals surface area (Å²) in [5, 5.41) is 3.78. The Balaban J connectivity index is 2.45. The number of ether oxygens (including phenoxy) is 1. The third-order valence-corrected chi connectivity index (χ3v) is 2.53. The molecule has 0 unspecified atom stereocenters. The van der Waals surface area contributed by atoms with Gasteiger partial charge in [-0.3, -0.25) is 4.79 Å². The van der Waals surface area contributed by atoms with Crippen LogP contribution in [0.4, 0.5) is 0 Å². The number of aryl methyl sites for hydroxylation is 1. The van der Waals surface area contributed by atoms with E-state index >= 15 is 0 Å². The summed E-state index contributed by atoms with van der Waals surface area (Å²) in [5.41, 5.74) is 0.729. The highest BCUT2D eigenvalue weighted by Crippen LogP contribution is 2.12. The zero-order chi connectivity index (χ0) is 9.68. The molecule has 0 aliphatic rings. The van der Waals surface area contributed by atoms with Gasteiger partial charge in [-0.1, -0.05) is 4.49 Å². The standard InChI is InChI=1S/C8H12N2O2S/c1-6-8(13-10-9-6)7(11)4-3-5-12-2/h3-5H2,1-2H3. The molecular weight excluding hydrogens is 188 g/mol. The van der Waals surface area contributed by atoms with E-state index in [2.05, 4.69) is 9.59 Å². The fraction of sp³-hybridized carbons (Fsp3) is 0.625. The van der Waals surface area contributed by atoms with E-state index in [1.165, 1.54) is 0 Å². The van der Waals surface area contributed by atoms with Crippen LogP contribution in [0.3, 0.4) is 0 Å². The zero-order valence-corrected chi connectivity index (χ0v) is 8.56. The smallest absolute Gasteiger partial charge is 0.176 e. The van der Waals surface area contributed by atoms with Crippen LogP contribution in [-0.4, -0.2) is 29.1 Å². The lowest BCUT2D eigenvalue weighted by Crippen LogP contribution is -2.00. The summed E-state index contributed by atoms with van der Waals surface area (Å²) in [4.78, 5) is 12.2. The molecule has 0 amide bonds. The van der Waals surface area contributed by atoms with Gasteiger partial charge in [-0.2, -0.15) is 0 Å². The first-order valence-corrected chi connectivity index (χ1v) is 4.84. The summed E-state index contributed by atoms with van der Waals surface area (Å²) in [7, 11) is 1.63. The van der Waals surface area contributed by atoms with Crippen LogP contribution in [-0.2, 0) is 4.74 Å². The molecule has 1 aromatic rings. The Bertz CT molecular complexity index is 285. The van der Waals surface area contributed by atoms with Gasteiger partial charge in [0.05, 0.1) is 5.69 Å². The highest BCUT2D eigenvalue weighted by molar-refractivity contribution is 7.08. The molecule has 5 heteroatoms. The van der Waals surface area contributed by atoms with E-state index in [-0.39, 0.29) is 5.78 Å². The van der Waals surface area contributed by atoms with Gasteiger partial charge in [0.2, 0.25) is 0 Å². The number of rotatable bonds is 5. The van der Waals surface area contributed by atoms with Crippen molar-refractivity contribution < 1.29 is 9.53 Å². The van der Waals surface area contributed by atoms with Gasteiger partial charge in [0.1, 0.15) is 4.88 Å². The minimum atomic E-state index is 0.115. The van der Waals surface area contributed by atoms with Crippen LogP contribution >= 0.6 is 11.5 Å². The number of hydrogen-bond acceptors (Lipinski definition) is 5. The molecule has 0 aliphatic carbocycles. The molecule has 0 saturated heterocycles. The maximum absolute atomic E-state index is 11.5. The molecule has 0 radical (unpaired) electrons. The summed E-state index contributed by atoms with van der Waals surface area (Å²) in [6, 6.07) is 0. The van der Waals surface area contributed by atoms with Crippen molar-refractivity contribution >= 4 is 17.3 Å². The summed E-state index contributed by atoms with van der Waals surface area (Å²) in [6.07, 6.45) is 1.27. The van der Waals surface area contributed by atoms with Crippen molar-refractivity contribution in [1.29, 1.82) is 0 Å². The largest absolute Gasteiger partial charge is 0.385 e. The van der Waals surface area contributed by atoms with Crippen molar-refractivity contribution in [3.05, 3.63) is 10.6 Å². The first-order chi connectivity index (χ1) is 6.25. The van der Waals surface area contributed by atoms with Crippen LogP contribution < -0.4 is 0 Å². The van der Waals surface area contributed by atoms with Crippen LogP contribution in [0.1, 0.15) is 28.2 Å². The third kappa shape index (κ3) is 2.86. The quantitative estimate of drug-likeness (QED) is 0.533. The number of hydrogen-bond donors (Lipinski definition) is 0. The van der Waals surface area contributed by atoms with Gasteiger partial charge in [-0.05, 0) is 24.9 Å². The van der Waals surface area contributed by atoms with E-state index < -0.39 is 0 Å². The summed E-state index contributed by atoms with van der Waals surface area (Å²) in [6.45, 7) is 2.42. The van der Waals surface area contributed by atoms with Gasteiger partial charge >= 0.3 is 0 Å². The van der Waals surface area contributed by atoms with Crippen LogP contribution in [0.2, 0.25) is 0 Å². The SMILES string of the molecule is COCCCC(=O)c1snnc1C. The van der Waals surface area contributed by atoms with E-state index in [0.29, 0.717) is 17.9 Å². The van der Waals surface area contributed by atoms with E-state index in [1.807, 2.05) is 0 Å². The summed E-state index contributed by atoms with van der Waals surface area (Å²) in [5.74, 6) is 0.115. The predicted molar refractivity (Wildman–Crippen MR) is 50.1 cm³/mol. The number of methoxy groups -OCH3 is 1. The Kier molecular flexibility index (Phi) is 3.98. The topological polar surface area (TPSA) is 52.1 Å². The van der Waals surface area contributed by atoms with E-state index in [4.69, 9.17) is 4.74 Å². The Hall–Kier alpha value is -0.810. The lowest BCUT2D eigenvalue weighted by Gasteiger charge is -1.97. The molecule has 1 heterocycles. The molecule has 4 nitrogen and oxygen atoms in total. The van der Waals surface area contributed by atoms with Crippen molar-refractivity contribution in [2.24, 2.45) is 0 Å². The summed E-state index contributed by atoms with van der Waals surface area (Å²) >= 11 is 1.16. The molecule has 0 N–H and O–H groups in total. The second kappa shape index (κ2) is 5.04. The predicted octanol–water partition coefficient (Wildman–Crippen LogP) is 1.46. The molecule has 0 atom stereocenters. The zero-order valence-electron chi connectivity index (χ0n) is 7.74. The van der Waals surface area contributed by atoms with Crippen LogP contribution in [0.15, 0.2) is 0 Å². The first-order valence-electron chi connectivity index (χ1n) is 4.06. The molecule has 0 aliphatic heterocycles. The highest BCUT2D eigenvalue weighted by atomic mass is 32.1. The molecular formula is C8H12N2O2S. The number of carbonyl (C=O) groups excluding carboxylic acids is 1. The number of nitrogens with zero attached hydrogens (tertiary/aromatic N) is 2. The Labute approximate surface area is 81.1 Å². The second-order valence-electron chi connectivity index (χ2n) is 2.71. The van der Waals surface area contributed by atoms with E-state index in [0.717, 1.165) is 23.6 Å². The number of aromatic nitrogens is 2. The molecule has 13 heavy (non-hydrogen) atoms. The van der Waals surface area contributed by atoms with Crippen molar-refractivity contribution in [3.8, 4) is 0 Å².